The fourth-order valence-corrected chi connectivity index (χ4v) is 6.41. The summed E-state index contributed by atoms with van der Waals surface area (Å²) in [6.45, 7) is 4.76. The summed E-state index contributed by atoms with van der Waals surface area (Å²) in [5.74, 6) is -1.25. The SMILES string of the molecule is COCc1ccc2c(n1)CCN(C(=O)[C@H]1C[C@@H](CC(=O)OC)C1)[C@H]2C(=O)Nc1cc(F)c2c(c1)CCC2(C)C. The van der Waals surface area contributed by atoms with Gasteiger partial charge in [-0.2, -0.15) is 0 Å². The van der Waals surface area contributed by atoms with Crippen molar-refractivity contribution in [2.75, 3.05) is 26.1 Å². The third-order valence-electron chi connectivity index (χ3n) is 8.49. The third-order valence-corrected chi connectivity index (χ3v) is 8.49. The minimum Gasteiger partial charge on any atom is -0.469 e. The Morgan fingerprint density at radius 1 is 1.15 bits per heavy atom. The Kier molecular flexibility index (Phi) is 7.46. The maximum Gasteiger partial charge on any atom is 0.305 e. The number of pyridine rings is 1. The van der Waals surface area contributed by atoms with E-state index in [1.54, 1.807) is 12.0 Å². The Hall–Kier alpha value is -3.33. The van der Waals surface area contributed by atoms with E-state index in [9.17, 15) is 14.4 Å². The Labute approximate surface area is 228 Å². The second-order valence-corrected chi connectivity index (χ2v) is 11.6. The number of amides is 2. The van der Waals surface area contributed by atoms with Crippen LogP contribution in [0.3, 0.4) is 0 Å². The normalized spacial score (nSPS) is 22.9. The van der Waals surface area contributed by atoms with Crippen LogP contribution < -0.4 is 5.32 Å². The van der Waals surface area contributed by atoms with Crippen molar-refractivity contribution in [2.24, 2.45) is 11.8 Å². The zero-order valence-corrected chi connectivity index (χ0v) is 23.0. The van der Waals surface area contributed by atoms with E-state index in [-0.39, 0.29) is 34.9 Å². The molecule has 1 aromatic carbocycles. The van der Waals surface area contributed by atoms with Gasteiger partial charge in [0.15, 0.2) is 0 Å². The lowest BCUT2D eigenvalue weighted by atomic mass is 9.72. The highest BCUT2D eigenvalue weighted by Gasteiger charge is 2.44. The lowest BCUT2D eigenvalue weighted by molar-refractivity contribution is -0.150. The topological polar surface area (TPSA) is 97.8 Å². The molecule has 0 radical (unpaired) electrons. The Morgan fingerprint density at radius 3 is 2.64 bits per heavy atom. The van der Waals surface area contributed by atoms with E-state index in [0.29, 0.717) is 55.6 Å². The van der Waals surface area contributed by atoms with Gasteiger partial charge in [-0.1, -0.05) is 19.9 Å². The van der Waals surface area contributed by atoms with E-state index in [0.717, 1.165) is 29.8 Å². The number of aromatic nitrogens is 1. The number of ether oxygens (including phenoxy) is 2. The maximum absolute atomic E-state index is 15.1. The van der Waals surface area contributed by atoms with Crippen LogP contribution in [0.1, 0.15) is 73.7 Å². The van der Waals surface area contributed by atoms with E-state index < -0.39 is 11.9 Å². The largest absolute Gasteiger partial charge is 0.469 e. The molecule has 1 N–H and O–H groups in total. The number of halogens is 1. The van der Waals surface area contributed by atoms with Crippen LogP contribution >= 0.6 is 0 Å². The average Bonchev–Trinajstić information content (AvgIpc) is 3.19. The molecule has 8 nitrogen and oxygen atoms in total. The van der Waals surface area contributed by atoms with Crippen molar-refractivity contribution >= 4 is 23.5 Å². The number of carbonyl (C=O) groups is 3. The van der Waals surface area contributed by atoms with Crippen molar-refractivity contribution in [3.8, 4) is 0 Å². The fourth-order valence-electron chi connectivity index (χ4n) is 6.41. The summed E-state index contributed by atoms with van der Waals surface area (Å²) in [6, 6.07) is 5.99. The summed E-state index contributed by atoms with van der Waals surface area (Å²) in [6.07, 6.45) is 3.58. The van der Waals surface area contributed by atoms with Gasteiger partial charge in [0.2, 0.25) is 5.91 Å². The molecule has 39 heavy (non-hydrogen) atoms. The number of nitrogens with one attached hydrogen (secondary N) is 1. The van der Waals surface area contributed by atoms with Gasteiger partial charge in [0.1, 0.15) is 11.9 Å². The highest BCUT2D eigenvalue weighted by atomic mass is 19.1. The maximum atomic E-state index is 15.1. The van der Waals surface area contributed by atoms with E-state index in [1.165, 1.54) is 13.2 Å². The van der Waals surface area contributed by atoms with Gasteiger partial charge in [-0.15, -0.1) is 0 Å². The van der Waals surface area contributed by atoms with Crippen LogP contribution in [0.5, 0.6) is 0 Å². The molecule has 0 unspecified atom stereocenters. The molecule has 3 aliphatic rings. The summed E-state index contributed by atoms with van der Waals surface area (Å²) in [5, 5.41) is 2.91. The number of nitrogens with zero attached hydrogens (tertiary/aromatic N) is 2. The van der Waals surface area contributed by atoms with Crippen LogP contribution in [0, 0.1) is 17.7 Å². The molecule has 5 rings (SSSR count). The minimum atomic E-state index is -0.891. The van der Waals surface area contributed by atoms with Crippen LogP contribution in [-0.2, 0) is 48.7 Å². The number of fused-ring (bicyclic) bond motifs is 2. The quantitative estimate of drug-likeness (QED) is 0.531. The second kappa shape index (κ2) is 10.7. The number of benzene rings is 1. The first-order chi connectivity index (χ1) is 18.6. The number of carbonyl (C=O) groups excluding carboxylic acids is 3. The summed E-state index contributed by atoms with van der Waals surface area (Å²) in [5.41, 5.74) is 3.94. The van der Waals surface area contributed by atoms with Crippen molar-refractivity contribution in [1.29, 1.82) is 0 Å². The molecule has 208 valence electrons. The number of anilines is 1. The van der Waals surface area contributed by atoms with Gasteiger partial charge in [0.25, 0.3) is 5.91 Å². The van der Waals surface area contributed by atoms with Gasteiger partial charge in [-0.3, -0.25) is 19.4 Å². The number of rotatable bonds is 7. The molecule has 1 aromatic heterocycles. The van der Waals surface area contributed by atoms with Gasteiger partial charge in [0, 0.05) is 49.4 Å². The molecular formula is C30H36FN3O5. The summed E-state index contributed by atoms with van der Waals surface area (Å²) in [7, 11) is 2.96. The molecule has 2 heterocycles. The van der Waals surface area contributed by atoms with Crippen LogP contribution in [-0.4, -0.2) is 48.4 Å². The van der Waals surface area contributed by atoms with Crippen LogP contribution in [0.15, 0.2) is 24.3 Å². The van der Waals surface area contributed by atoms with Gasteiger partial charge < -0.3 is 19.7 Å². The van der Waals surface area contributed by atoms with Crippen molar-refractivity contribution in [3.05, 3.63) is 58.2 Å². The van der Waals surface area contributed by atoms with E-state index >= 15 is 4.39 Å². The zero-order valence-electron chi connectivity index (χ0n) is 23.0. The lowest BCUT2D eigenvalue weighted by Crippen LogP contribution is -2.50. The Bertz CT molecular complexity index is 1300. The van der Waals surface area contributed by atoms with Crippen molar-refractivity contribution < 1.29 is 28.2 Å². The minimum absolute atomic E-state index is 0.104. The van der Waals surface area contributed by atoms with E-state index in [4.69, 9.17) is 14.5 Å². The van der Waals surface area contributed by atoms with Gasteiger partial charge in [-0.25, -0.2) is 4.39 Å². The number of hydrogen-bond acceptors (Lipinski definition) is 6. The number of methoxy groups -OCH3 is 2. The van der Waals surface area contributed by atoms with Crippen molar-refractivity contribution in [1.82, 2.24) is 9.88 Å². The van der Waals surface area contributed by atoms with Gasteiger partial charge >= 0.3 is 5.97 Å². The molecule has 2 aliphatic carbocycles. The van der Waals surface area contributed by atoms with Crippen molar-refractivity contribution in [3.63, 3.8) is 0 Å². The van der Waals surface area contributed by atoms with Crippen molar-refractivity contribution in [2.45, 2.75) is 70.4 Å². The van der Waals surface area contributed by atoms with E-state index in [2.05, 4.69) is 5.32 Å². The zero-order chi connectivity index (χ0) is 27.9. The monoisotopic (exact) mass is 537 g/mol. The third kappa shape index (κ3) is 5.29. The fraction of sp³-hybridized carbons (Fsp3) is 0.533. The average molecular weight is 538 g/mol. The molecule has 2 aromatic rings. The Balaban J connectivity index is 1.40. The molecule has 1 fully saturated rings. The first-order valence-corrected chi connectivity index (χ1v) is 13.6. The van der Waals surface area contributed by atoms with Crippen LogP contribution in [0.2, 0.25) is 0 Å². The Morgan fingerprint density at radius 2 is 1.92 bits per heavy atom. The highest BCUT2D eigenvalue weighted by Crippen LogP contribution is 2.42. The number of aryl methyl sites for hydroxylation is 1. The molecule has 0 bridgehead atoms. The lowest BCUT2D eigenvalue weighted by Gasteiger charge is -2.42. The second-order valence-electron chi connectivity index (χ2n) is 11.6. The summed E-state index contributed by atoms with van der Waals surface area (Å²) < 4.78 is 25.1. The number of esters is 1. The molecular weight excluding hydrogens is 501 g/mol. The molecule has 0 spiro atoms. The predicted octanol–water partition coefficient (Wildman–Crippen LogP) is 4.24. The summed E-state index contributed by atoms with van der Waals surface area (Å²) >= 11 is 0. The molecule has 1 atom stereocenters. The predicted molar refractivity (Wildman–Crippen MR) is 142 cm³/mol. The summed E-state index contributed by atoms with van der Waals surface area (Å²) in [4.78, 5) is 45.4. The molecule has 9 heteroatoms. The highest BCUT2D eigenvalue weighted by molar-refractivity contribution is 5.99. The smallest absolute Gasteiger partial charge is 0.305 e. The first kappa shape index (κ1) is 27.2. The first-order valence-electron chi connectivity index (χ1n) is 13.6. The molecule has 2 amide bonds. The van der Waals surface area contributed by atoms with Crippen LogP contribution in [0.25, 0.3) is 0 Å². The van der Waals surface area contributed by atoms with Crippen LogP contribution in [0.4, 0.5) is 10.1 Å². The molecule has 1 aliphatic heterocycles. The number of hydrogen-bond donors (Lipinski definition) is 1. The van der Waals surface area contributed by atoms with E-state index in [1.807, 2.05) is 32.0 Å². The van der Waals surface area contributed by atoms with Gasteiger partial charge in [-0.05, 0) is 66.3 Å². The molecule has 1 saturated carbocycles. The van der Waals surface area contributed by atoms with Gasteiger partial charge in [0.05, 0.1) is 19.4 Å². The molecule has 0 saturated heterocycles. The standard InChI is InChI=1S/C30H36FN3O5/c1-30(2)9-7-18-14-21(15-23(31)26(18)30)33-28(36)27-22-6-5-20(16-38-3)32-24(22)8-10-34(27)29(37)19-11-17(12-19)13-25(35)39-4/h5-6,14-15,17,19,27H,7-13,16H2,1-4H3,(H,33,36)/t17-,19+,27-/m1/s1.